The summed E-state index contributed by atoms with van der Waals surface area (Å²) in [5.74, 6) is 0. The summed E-state index contributed by atoms with van der Waals surface area (Å²) in [7, 11) is 2.12. The first-order valence-electron chi connectivity index (χ1n) is 6.27. The zero-order chi connectivity index (χ0) is 11.9. The second-order valence-electron chi connectivity index (χ2n) is 4.44. The molecule has 1 aromatic rings. The van der Waals surface area contributed by atoms with Crippen LogP contribution in [-0.4, -0.2) is 56.3 Å². The van der Waals surface area contributed by atoms with Gasteiger partial charge < -0.3 is 9.64 Å². The molecule has 94 valence electrons. The van der Waals surface area contributed by atoms with Crippen LogP contribution < -0.4 is 4.90 Å². The van der Waals surface area contributed by atoms with Crippen molar-refractivity contribution in [3.8, 4) is 0 Å². The molecular weight excluding hydrogens is 214 g/mol. The van der Waals surface area contributed by atoms with Crippen LogP contribution in [0.3, 0.4) is 0 Å². The van der Waals surface area contributed by atoms with Gasteiger partial charge in [-0.1, -0.05) is 0 Å². The van der Waals surface area contributed by atoms with E-state index in [0.29, 0.717) is 0 Å². The van der Waals surface area contributed by atoms with Crippen molar-refractivity contribution in [1.29, 1.82) is 0 Å². The van der Waals surface area contributed by atoms with Crippen molar-refractivity contribution in [1.82, 2.24) is 9.88 Å². The van der Waals surface area contributed by atoms with Crippen molar-refractivity contribution in [2.75, 3.05) is 51.3 Å². The lowest BCUT2D eigenvalue weighted by Gasteiger charge is -2.27. The Kier molecular flexibility index (Phi) is 4.76. The van der Waals surface area contributed by atoms with Gasteiger partial charge in [-0.2, -0.15) is 0 Å². The van der Waals surface area contributed by atoms with Crippen molar-refractivity contribution < 1.29 is 4.74 Å². The molecule has 1 fully saturated rings. The number of hydrogen-bond donors (Lipinski definition) is 0. The number of nitrogens with zero attached hydrogens (tertiary/aromatic N) is 3. The molecule has 0 spiro atoms. The second kappa shape index (κ2) is 6.57. The number of ether oxygens (including phenoxy) is 1. The standard InChI is InChI=1S/C13H21N3O/c1-15(13-4-2-5-14-12-13)6-3-7-16-8-10-17-11-9-16/h2,4-5,12H,3,6-11H2,1H3. The summed E-state index contributed by atoms with van der Waals surface area (Å²) in [5, 5.41) is 0. The molecule has 0 aliphatic carbocycles. The number of aromatic nitrogens is 1. The van der Waals surface area contributed by atoms with Crippen LogP contribution in [-0.2, 0) is 4.74 Å². The van der Waals surface area contributed by atoms with Crippen molar-refractivity contribution in [3.05, 3.63) is 24.5 Å². The topological polar surface area (TPSA) is 28.6 Å². The maximum Gasteiger partial charge on any atom is 0.0594 e. The Morgan fingerprint density at radius 3 is 2.94 bits per heavy atom. The number of hydrogen-bond acceptors (Lipinski definition) is 4. The lowest BCUT2D eigenvalue weighted by atomic mass is 10.3. The van der Waals surface area contributed by atoms with E-state index in [1.807, 2.05) is 18.5 Å². The normalized spacial score (nSPS) is 17.0. The number of anilines is 1. The molecule has 0 amide bonds. The molecule has 0 unspecified atom stereocenters. The average molecular weight is 235 g/mol. The Morgan fingerprint density at radius 1 is 1.41 bits per heavy atom. The first-order valence-corrected chi connectivity index (χ1v) is 6.27. The third-order valence-corrected chi connectivity index (χ3v) is 3.16. The molecule has 1 aliphatic rings. The van der Waals surface area contributed by atoms with Gasteiger partial charge in [-0.25, -0.2) is 0 Å². The Labute approximate surface area is 103 Å². The summed E-state index contributed by atoms with van der Waals surface area (Å²) in [6, 6.07) is 4.08. The van der Waals surface area contributed by atoms with Crippen LogP contribution in [0.25, 0.3) is 0 Å². The van der Waals surface area contributed by atoms with Gasteiger partial charge in [-0.15, -0.1) is 0 Å². The number of morpholine rings is 1. The molecule has 4 heteroatoms. The highest BCUT2D eigenvalue weighted by Gasteiger charge is 2.09. The van der Waals surface area contributed by atoms with E-state index in [1.54, 1.807) is 0 Å². The molecule has 0 atom stereocenters. The van der Waals surface area contributed by atoms with Crippen molar-refractivity contribution in [2.24, 2.45) is 0 Å². The summed E-state index contributed by atoms with van der Waals surface area (Å²) in [6.07, 6.45) is 4.91. The molecule has 1 saturated heterocycles. The monoisotopic (exact) mass is 235 g/mol. The minimum atomic E-state index is 0.887. The van der Waals surface area contributed by atoms with Crippen LogP contribution >= 0.6 is 0 Å². The zero-order valence-corrected chi connectivity index (χ0v) is 10.5. The highest BCUT2D eigenvalue weighted by atomic mass is 16.5. The van der Waals surface area contributed by atoms with Crippen LogP contribution in [0.5, 0.6) is 0 Å². The van der Waals surface area contributed by atoms with E-state index in [0.717, 1.165) is 39.4 Å². The van der Waals surface area contributed by atoms with E-state index in [9.17, 15) is 0 Å². The smallest absolute Gasteiger partial charge is 0.0594 e. The molecule has 0 radical (unpaired) electrons. The lowest BCUT2D eigenvalue weighted by Crippen LogP contribution is -2.37. The molecule has 4 nitrogen and oxygen atoms in total. The van der Waals surface area contributed by atoms with Gasteiger partial charge in [0.25, 0.3) is 0 Å². The van der Waals surface area contributed by atoms with Gasteiger partial charge in [0.15, 0.2) is 0 Å². The molecule has 2 rings (SSSR count). The summed E-state index contributed by atoms with van der Waals surface area (Å²) in [4.78, 5) is 8.87. The molecule has 0 N–H and O–H groups in total. The Hall–Kier alpha value is -1.13. The van der Waals surface area contributed by atoms with E-state index in [2.05, 4.69) is 27.9 Å². The van der Waals surface area contributed by atoms with Gasteiger partial charge in [0.1, 0.15) is 0 Å². The first-order chi connectivity index (χ1) is 8.36. The van der Waals surface area contributed by atoms with Gasteiger partial charge >= 0.3 is 0 Å². The van der Waals surface area contributed by atoms with Crippen LogP contribution in [0.1, 0.15) is 6.42 Å². The van der Waals surface area contributed by atoms with Gasteiger partial charge in [-0.05, 0) is 18.6 Å². The molecule has 1 aromatic heterocycles. The largest absolute Gasteiger partial charge is 0.379 e. The van der Waals surface area contributed by atoms with Crippen LogP contribution in [0.15, 0.2) is 24.5 Å². The van der Waals surface area contributed by atoms with Gasteiger partial charge in [0, 0.05) is 39.4 Å². The van der Waals surface area contributed by atoms with Crippen molar-refractivity contribution in [2.45, 2.75) is 6.42 Å². The second-order valence-corrected chi connectivity index (χ2v) is 4.44. The quantitative estimate of drug-likeness (QED) is 0.768. The Balaban J connectivity index is 1.67. The van der Waals surface area contributed by atoms with E-state index in [-0.39, 0.29) is 0 Å². The van der Waals surface area contributed by atoms with E-state index >= 15 is 0 Å². The van der Waals surface area contributed by atoms with Crippen LogP contribution in [0, 0.1) is 0 Å². The molecule has 2 heterocycles. The predicted molar refractivity (Wildman–Crippen MR) is 69.4 cm³/mol. The average Bonchev–Trinajstić information content (AvgIpc) is 2.41. The molecular formula is C13H21N3O. The lowest BCUT2D eigenvalue weighted by molar-refractivity contribution is 0.0377. The molecule has 17 heavy (non-hydrogen) atoms. The fourth-order valence-corrected chi connectivity index (χ4v) is 2.06. The maximum absolute atomic E-state index is 5.34. The molecule has 0 bridgehead atoms. The minimum absolute atomic E-state index is 0.887. The third kappa shape index (κ3) is 3.98. The summed E-state index contributed by atoms with van der Waals surface area (Å²) >= 11 is 0. The first kappa shape index (κ1) is 12.3. The summed E-state index contributed by atoms with van der Waals surface area (Å²) in [5.41, 5.74) is 1.19. The van der Waals surface area contributed by atoms with Gasteiger partial charge in [0.2, 0.25) is 0 Å². The van der Waals surface area contributed by atoms with E-state index in [4.69, 9.17) is 4.74 Å². The Morgan fingerprint density at radius 2 is 2.24 bits per heavy atom. The van der Waals surface area contributed by atoms with E-state index < -0.39 is 0 Å². The minimum Gasteiger partial charge on any atom is -0.379 e. The number of pyridine rings is 1. The molecule has 0 saturated carbocycles. The SMILES string of the molecule is CN(CCCN1CCOCC1)c1cccnc1. The fourth-order valence-electron chi connectivity index (χ4n) is 2.06. The zero-order valence-electron chi connectivity index (χ0n) is 10.5. The van der Waals surface area contributed by atoms with Crippen LogP contribution in [0.4, 0.5) is 5.69 Å². The molecule has 0 aromatic carbocycles. The maximum atomic E-state index is 5.34. The van der Waals surface area contributed by atoms with Gasteiger partial charge in [0.05, 0.1) is 25.1 Å². The van der Waals surface area contributed by atoms with Crippen LogP contribution in [0.2, 0.25) is 0 Å². The highest BCUT2D eigenvalue weighted by Crippen LogP contribution is 2.09. The predicted octanol–water partition coefficient (Wildman–Crippen LogP) is 1.24. The molecule has 1 aliphatic heterocycles. The third-order valence-electron chi connectivity index (χ3n) is 3.16. The van der Waals surface area contributed by atoms with Gasteiger partial charge in [-0.3, -0.25) is 9.88 Å². The fraction of sp³-hybridized carbons (Fsp3) is 0.615. The summed E-state index contributed by atoms with van der Waals surface area (Å²) < 4.78 is 5.34. The van der Waals surface area contributed by atoms with Crippen molar-refractivity contribution in [3.63, 3.8) is 0 Å². The summed E-state index contributed by atoms with van der Waals surface area (Å²) in [6.45, 7) is 6.17. The Bertz CT molecular complexity index is 312. The number of rotatable bonds is 5. The highest BCUT2D eigenvalue weighted by molar-refractivity contribution is 5.42. The van der Waals surface area contributed by atoms with E-state index in [1.165, 1.54) is 12.1 Å². The van der Waals surface area contributed by atoms with Crippen molar-refractivity contribution >= 4 is 5.69 Å².